The molecule has 7 heteroatoms. The van der Waals surface area contributed by atoms with E-state index in [1.165, 1.54) is 5.01 Å². The van der Waals surface area contributed by atoms with Crippen molar-refractivity contribution in [2.24, 2.45) is 10.8 Å². The molecular formula is C12H12BrN3O3. The molecular weight excluding hydrogens is 314 g/mol. The van der Waals surface area contributed by atoms with E-state index in [1.54, 1.807) is 31.2 Å². The number of amidine groups is 1. The van der Waals surface area contributed by atoms with E-state index in [2.05, 4.69) is 21.0 Å². The van der Waals surface area contributed by atoms with Gasteiger partial charge in [-0.2, -0.15) is 10.1 Å². The van der Waals surface area contributed by atoms with Crippen molar-refractivity contribution in [1.82, 2.24) is 0 Å². The molecule has 0 saturated carbocycles. The highest BCUT2D eigenvalue weighted by atomic mass is 79.9. The van der Waals surface area contributed by atoms with Crippen LogP contribution >= 0.6 is 15.9 Å². The highest BCUT2D eigenvalue weighted by Gasteiger charge is 2.33. The number of rotatable bonds is 3. The summed E-state index contributed by atoms with van der Waals surface area (Å²) in [5.74, 6) is -0.455. The van der Waals surface area contributed by atoms with E-state index in [1.807, 2.05) is 0 Å². The van der Waals surface area contributed by atoms with Crippen LogP contribution in [0, 0.1) is 0 Å². The summed E-state index contributed by atoms with van der Waals surface area (Å²) in [5.41, 5.74) is 6.55. The molecule has 1 aromatic rings. The van der Waals surface area contributed by atoms with E-state index in [4.69, 9.17) is 10.5 Å². The number of nitrogens with zero attached hydrogens (tertiary/aromatic N) is 2. The molecule has 0 radical (unpaired) electrons. The number of carbonyl (C=O) groups excluding carboxylic acids is 2. The third-order valence-electron chi connectivity index (χ3n) is 2.52. The summed E-state index contributed by atoms with van der Waals surface area (Å²) < 4.78 is 4.87. The second-order valence-electron chi connectivity index (χ2n) is 3.80. The number of benzene rings is 1. The molecule has 1 amide bonds. The zero-order chi connectivity index (χ0) is 14.0. The first-order valence-electron chi connectivity index (χ1n) is 5.63. The standard InChI is InChI=1S/C12H12BrN3O3/c1-2-19-12(18)7-3-5-8(6-4-7)16-11(17)9(13)10(14)15-16/h3-6,9H,2H2,1H3,(H2,14,15)/t9-/m1/s1. The number of halogens is 1. The van der Waals surface area contributed by atoms with Gasteiger partial charge >= 0.3 is 5.97 Å². The Morgan fingerprint density at radius 1 is 1.47 bits per heavy atom. The van der Waals surface area contributed by atoms with Gasteiger partial charge in [0.15, 0.2) is 4.83 Å². The summed E-state index contributed by atoms with van der Waals surface area (Å²) in [6.07, 6.45) is 0. The van der Waals surface area contributed by atoms with E-state index in [-0.39, 0.29) is 11.7 Å². The van der Waals surface area contributed by atoms with E-state index in [0.717, 1.165) is 0 Å². The number of esters is 1. The van der Waals surface area contributed by atoms with Crippen molar-refractivity contribution in [1.29, 1.82) is 0 Å². The minimum atomic E-state index is -0.600. The van der Waals surface area contributed by atoms with Gasteiger partial charge in [0, 0.05) is 0 Å². The molecule has 0 saturated heterocycles. The van der Waals surface area contributed by atoms with Crippen LogP contribution < -0.4 is 10.7 Å². The van der Waals surface area contributed by atoms with Crippen LogP contribution in [0.15, 0.2) is 29.4 Å². The van der Waals surface area contributed by atoms with E-state index >= 15 is 0 Å². The fourth-order valence-corrected chi connectivity index (χ4v) is 1.87. The van der Waals surface area contributed by atoms with E-state index < -0.39 is 10.8 Å². The maximum absolute atomic E-state index is 11.8. The predicted molar refractivity (Wildman–Crippen MR) is 74.2 cm³/mol. The largest absolute Gasteiger partial charge is 0.462 e. The molecule has 0 aromatic heterocycles. The van der Waals surface area contributed by atoms with Gasteiger partial charge in [-0.05, 0) is 31.2 Å². The zero-order valence-corrected chi connectivity index (χ0v) is 11.8. The number of amides is 1. The van der Waals surface area contributed by atoms with Crippen LogP contribution in [0.25, 0.3) is 0 Å². The smallest absolute Gasteiger partial charge is 0.338 e. The Bertz CT molecular complexity index is 542. The van der Waals surface area contributed by atoms with Crippen molar-refractivity contribution in [3.05, 3.63) is 29.8 Å². The minimum absolute atomic E-state index is 0.208. The second-order valence-corrected chi connectivity index (χ2v) is 4.72. The quantitative estimate of drug-likeness (QED) is 0.669. The number of nitrogens with two attached hydrogens (primary N) is 1. The predicted octanol–water partition coefficient (Wildman–Crippen LogP) is 1.25. The Labute approximate surface area is 118 Å². The van der Waals surface area contributed by atoms with Gasteiger partial charge < -0.3 is 10.5 Å². The summed E-state index contributed by atoms with van der Waals surface area (Å²) in [5, 5.41) is 5.14. The number of hydrogen-bond donors (Lipinski definition) is 1. The van der Waals surface area contributed by atoms with Gasteiger partial charge in [0.25, 0.3) is 5.91 Å². The van der Waals surface area contributed by atoms with Gasteiger partial charge in [0.05, 0.1) is 17.9 Å². The van der Waals surface area contributed by atoms with Crippen molar-refractivity contribution in [3.8, 4) is 0 Å². The van der Waals surface area contributed by atoms with Gasteiger partial charge in [-0.1, -0.05) is 15.9 Å². The lowest BCUT2D eigenvalue weighted by Crippen LogP contribution is -2.29. The number of anilines is 1. The third kappa shape index (κ3) is 2.60. The Kier molecular flexibility index (Phi) is 3.84. The van der Waals surface area contributed by atoms with Crippen LogP contribution in [0.4, 0.5) is 5.69 Å². The number of alkyl halides is 1. The fourth-order valence-electron chi connectivity index (χ4n) is 1.59. The van der Waals surface area contributed by atoms with Crippen LogP contribution in [0.5, 0.6) is 0 Å². The average Bonchev–Trinajstić information content (AvgIpc) is 2.67. The molecule has 2 N–H and O–H groups in total. The van der Waals surface area contributed by atoms with E-state index in [0.29, 0.717) is 17.9 Å². The monoisotopic (exact) mass is 325 g/mol. The summed E-state index contributed by atoms with van der Waals surface area (Å²) >= 11 is 3.14. The first-order valence-corrected chi connectivity index (χ1v) is 6.55. The number of hydrogen-bond acceptors (Lipinski definition) is 5. The van der Waals surface area contributed by atoms with Crippen molar-refractivity contribution in [2.75, 3.05) is 11.6 Å². The third-order valence-corrected chi connectivity index (χ3v) is 3.38. The van der Waals surface area contributed by atoms with Crippen molar-refractivity contribution in [2.45, 2.75) is 11.8 Å². The molecule has 19 heavy (non-hydrogen) atoms. The molecule has 2 rings (SSSR count). The van der Waals surface area contributed by atoms with Gasteiger partial charge in [-0.15, -0.1) is 0 Å². The molecule has 0 unspecified atom stereocenters. The summed E-state index contributed by atoms with van der Waals surface area (Å²) in [6.45, 7) is 2.06. The number of carbonyl (C=O) groups is 2. The SMILES string of the molecule is CCOC(=O)c1ccc(N2N=C(N)[C@@H](Br)C2=O)cc1. The molecule has 6 nitrogen and oxygen atoms in total. The highest BCUT2D eigenvalue weighted by Crippen LogP contribution is 2.23. The molecule has 1 heterocycles. The average molecular weight is 326 g/mol. The molecule has 0 aliphatic carbocycles. The first-order chi connectivity index (χ1) is 9.04. The van der Waals surface area contributed by atoms with Crippen LogP contribution in [0.2, 0.25) is 0 Å². The molecule has 0 fully saturated rings. The van der Waals surface area contributed by atoms with Crippen LogP contribution in [0.1, 0.15) is 17.3 Å². The maximum atomic E-state index is 11.8. The summed E-state index contributed by atoms with van der Waals surface area (Å²) in [6, 6.07) is 6.39. The Morgan fingerprint density at radius 3 is 2.58 bits per heavy atom. The lowest BCUT2D eigenvalue weighted by atomic mass is 10.2. The minimum Gasteiger partial charge on any atom is -0.462 e. The van der Waals surface area contributed by atoms with E-state index in [9.17, 15) is 9.59 Å². The van der Waals surface area contributed by atoms with Gasteiger partial charge in [-0.25, -0.2) is 4.79 Å². The van der Waals surface area contributed by atoms with Gasteiger partial charge in [0.2, 0.25) is 0 Å². The zero-order valence-electron chi connectivity index (χ0n) is 10.2. The van der Waals surface area contributed by atoms with Crippen molar-refractivity contribution < 1.29 is 14.3 Å². The molecule has 100 valence electrons. The fraction of sp³-hybridized carbons (Fsp3) is 0.250. The molecule has 0 spiro atoms. The Hall–Kier alpha value is -1.89. The topological polar surface area (TPSA) is 85.0 Å². The second kappa shape index (κ2) is 5.40. The van der Waals surface area contributed by atoms with Crippen LogP contribution in [-0.2, 0) is 9.53 Å². The Morgan fingerprint density at radius 2 is 2.11 bits per heavy atom. The molecule has 1 aliphatic rings. The normalized spacial score (nSPS) is 18.4. The van der Waals surface area contributed by atoms with Gasteiger partial charge in [-0.3, -0.25) is 4.79 Å². The highest BCUT2D eigenvalue weighted by molar-refractivity contribution is 9.10. The molecule has 1 aliphatic heterocycles. The van der Waals surface area contributed by atoms with Crippen molar-refractivity contribution >= 4 is 39.3 Å². The molecule has 1 aromatic carbocycles. The van der Waals surface area contributed by atoms with Crippen LogP contribution in [-0.4, -0.2) is 29.1 Å². The number of ether oxygens (including phenoxy) is 1. The lowest BCUT2D eigenvalue weighted by Gasteiger charge is -2.12. The lowest BCUT2D eigenvalue weighted by molar-refractivity contribution is -0.116. The first kappa shape index (κ1) is 13.5. The van der Waals surface area contributed by atoms with Gasteiger partial charge in [0.1, 0.15) is 5.84 Å². The molecule has 0 bridgehead atoms. The molecule has 1 atom stereocenters. The van der Waals surface area contributed by atoms with Crippen molar-refractivity contribution in [3.63, 3.8) is 0 Å². The van der Waals surface area contributed by atoms with Crippen LogP contribution in [0.3, 0.4) is 0 Å². The Balaban J connectivity index is 2.20. The number of hydrazone groups is 1. The maximum Gasteiger partial charge on any atom is 0.338 e. The summed E-state index contributed by atoms with van der Waals surface area (Å²) in [7, 11) is 0. The summed E-state index contributed by atoms with van der Waals surface area (Å²) in [4.78, 5) is 22.7.